The van der Waals surface area contributed by atoms with Gasteiger partial charge in [0.1, 0.15) is 0 Å². The van der Waals surface area contributed by atoms with Crippen LogP contribution in [0, 0.1) is 0 Å². The highest BCUT2D eigenvalue weighted by Crippen LogP contribution is 2.23. The van der Waals surface area contributed by atoms with Gasteiger partial charge in [-0.25, -0.2) is 4.79 Å². The lowest BCUT2D eigenvalue weighted by Crippen LogP contribution is -2.51. The third-order valence-corrected chi connectivity index (χ3v) is 5.42. The molecule has 0 radical (unpaired) electrons. The highest BCUT2D eigenvalue weighted by atomic mass is 32.2. The van der Waals surface area contributed by atoms with Crippen molar-refractivity contribution in [3.05, 3.63) is 29.8 Å². The quantitative estimate of drug-likeness (QED) is 0.510. The molecular formula is C19H25N3O5S. The molecule has 1 aromatic rings. The van der Waals surface area contributed by atoms with Crippen molar-refractivity contribution in [2.75, 3.05) is 52.6 Å². The summed E-state index contributed by atoms with van der Waals surface area (Å²) in [5.74, 6) is -0.759. The number of esters is 1. The molecule has 0 N–H and O–H groups in total. The molecule has 0 saturated carbocycles. The highest BCUT2D eigenvalue weighted by molar-refractivity contribution is 8.00. The molecule has 1 fully saturated rings. The second-order valence-electron chi connectivity index (χ2n) is 6.54. The number of rotatable bonds is 6. The number of amides is 3. The molecule has 152 valence electrons. The topological polar surface area (TPSA) is 87.2 Å². The third kappa shape index (κ3) is 5.98. The predicted molar refractivity (Wildman–Crippen MR) is 105 cm³/mol. The summed E-state index contributed by atoms with van der Waals surface area (Å²) < 4.78 is 5.19. The number of benzene rings is 1. The SMILES string of the molecule is CC(=O)N1CCN(C(=O)COC(=O)c2ccccc2SCC(=O)N(C)C)CC1. The Labute approximate surface area is 168 Å². The minimum absolute atomic E-state index is 0.0135. The van der Waals surface area contributed by atoms with Crippen LogP contribution in [0.25, 0.3) is 0 Å². The molecule has 0 aliphatic carbocycles. The smallest absolute Gasteiger partial charge is 0.339 e. The summed E-state index contributed by atoms with van der Waals surface area (Å²) in [6.45, 7) is 2.96. The van der Waals surface area contributed by atoms with Crippen molar-refractivity contribution in [1.29, 1.82) is 0 Å². The fourth-order valence-corrected chi connectivity index (χ4v) is 3.62. The predicted octanol–water partition coefficient (Wildman–Crippen LogP) is 0.714. The van der Waals surface area contributed by atoms with Gasteiger partial charge in [0, 0.05) is 52.1 Å². The third-order valence-electron chi connectivity index (χ3n) is 4.36. The summed E-state index contributed by atoms with van der Waals surface area (Å²) in [7, 11) is 3.34. The van der Waals surface area contributed by atoms with Gasteiger partial charge in [0.2, 0.25) is 11.8 Å². The molecule has 28 heavy (non-hydrogen) atoms. The Morgan fingerprint density at radius 1 is 1.04 bits per heavy atom. The molecule has 3 amide bonds. The van der Waals surface area contributed by atoms with E-state index in [0.717, 1.165) is 0 Å². The lowest BCUT2D eigenvalue weighted by molar-refractivity contribution is -0.140. The van der Waals surface area contributed by atoms with Gasteiger partial charge in [0.25, 0.3) is 5.91 Å². The number of hydrogen-bond donors (Lipinski definition) is 0. The summed E-state index contributed by atoms with van der Waals surface area (Å²) >= 11 is 1.25. The summed E-state index contributed by atoms with van der Waals surface area (Å²) in [5.41, 5.74) is 0.327. The first kappa shape index (κ1) is 21.7. The van der Waals surface area contributed by atoms with E-state index >= 15 is 0 Å². The van der Waals surface area contributed by atoms with E-state index in [0.29, 0.717) is 36.6 Å². The first-order valence-electron chi connectivity index (χ1n) is 8.92. The normalized spacial score (nSPS) is 13.8. The lowest BCUT2D eigenvalue weighted by Gasteiger charge is -2.34. The van der Waals surface area contributed by atoms with Crippen LogP contribution >= 0.6 is 11.8 Å². The molecule has 1 aliphatic heterocycles. The number of carbonyl (C=O) groups excluding carboxylic acids is 4. The summed E-state index contributed by atoms with van der Waals surface area (Å²) in [4.78, 5) is 53.2. The minimum Gasteiger partial charge on any atom is -0.452 e. The molecule has 9 heteroatoms. The van der Waals surface area contributed by atoms with Crippen molar-refractivity contribution < 1.29 is 23.9 Å². The molecule has 1 saturated heterocycles. The van der Waals surface area contributed by atoms with E-state index in [4.69, 9.17) is 4.74 Å². The summed E-state index contributed by atoms with van der Waals surface area (Å²) in [6, 6.07) is 6.84. The van der Waals surface area contributed by atoms with Gasteiger partial charge in [0.05, 0.1) is 11.3 Å². The van der Waals surface area contributed by atoms with Crippen molar-refractivity contribution in [2.24, 2.45) is 0 Å². The number of ether oxygens (including phenoxy) is 1. The van der Waals surface area contributed by atoms with Crippen LogP contribution in [0.1, 0.15) is 17.3 Å². The van der Waals surface area contributed by atoms with Crippen LogP contribution in [0.2, 0.25) is 0 Å². The van der Waals surface area contributed by atoms with Crippen LogP contribution in [0.15, 0.2) is 29.2 Å². The minimum atomic E-state index is -0.601. The molecule has 0 spiro atoms. The van der Waals surface area contributed by atoms with E-state index in [2.05, 4.69) is 0 Å². The van der Waals surface area contributed by atoms with Gasteiger partial charge < -0.3 is 19.4 Å². The van der Waals surface area contributed by atoms with E-state index in [1.165, 1.54) is 23.6 Å². The van der Waals surface area contributed by atoms with Crippen molar-refractivity contribution in [1.82, 2.24) is 14.7 Å². The average Bonchev–Trinajstić information content (AvgIpc) is 2.70. The second kappa shape index (κ2) is 10.1. The first-order chi connectivity index (χ1) is 13.3. The van der Waals surface area contributed by atoms with Gasteiger partial charge in [-0.3, -0.25) is 14.4 Å². The molecule has 0 unspecified atom stereocenters. The molecule has 1 aromatic carbocycles. The number of carbonyl (C=O) groups is 4. The second-order valence-corrected chi connectivity index (χ2v) is 7.55. The molecule has 0 aromatic heterocycles. The summed E-state index contributed by atoms with van der Waals surface area (Å²) in [5, 5.41) is 0. The maximum absolute atomic E-state index is 12.4. The number of hydrogen-bond acceptors (Lipinski definition) is 6. The van der Waals surface area contributed by atoms with Crippen molar-refractivity contribution in [3.63, 3.8) is 0 Å². The van der Waals surface area contributed by atoms with Gasteiger partial charge in [-0.2, -0.15) is 0 Å². The Hall–Kier alpha value is -2.55. The number of thioether (sulfide) groups is 1. The Balaban J connectivity index is 1.88. The van der Waals surface area contributed by atoms with Crippen molar-refractivity contribution in [2.45, 2.75) is 11.8 Å². The zero-order valence-corrected chi connectivity index (χ0v) is 17.2. The van der Waals surface area contributed by atoms with Crippen LogP contribution in [0.4, 0.5) is 0 Å². The molecule has 1 aliphatic rings. The highest BCUT2D eigenvalue weighted by Gasteiger charge is 2.23. The van der Waals surface area contributed by atoms with Crippen LogP contribution in [-0.4, -0.2) is 91.0 Å². The Morgan fingerprint density at radius 2 is 1.64 bits per heavy atom. The summed E-state index contributed by atoms with van der Waals surface area (Å²) in [6.07, 6.45) is 0. The first-order valence-corrected chi connectivity index (χ1v) is 9.90. The van der Waals surface area contributed by atoms with E-state index in [1.807, 2.05) is 0 Å². The lowest BCUT2D eigenvalue weighted by atomic mass is 10.2. The largest absolute Gasteiger partial charge is 0.452 e. The molecule has 2 rings (SSSR count). The monoisotopic (exact) mass is 407 g/mol. The standard InChI is InChI=1S/C19H25N3O5S/c1-14(23)21-8-10-22(11-9-21)17(24)12-27-19(26)15-6-4-5-7-16(15)28-13-18(25)20(2)3/h4-7H,8-13H2,1-3H3. The zero-order chi connectivity index (χ0) is 20.7. The van der Waals surface area contributed by atoms with E-state index in [1.54, 1.807) is 48.2 Å². The van der Waals surface area contributed by atoms with E-state index < -0.39 is 5.97 Å². The van der Waals surface area contributed by atoms with Crippen molar-refractivity contribution in [3.8, 4) is 0 Å². The molecular weight excluding hydrogens is 382 g/mol. The molecule has 8 nitrogen and oxygen atoms in total. The van der Waals surface area contributed by atoms with Gasteiger partial charge in [-0.15, -0.1) is 11.8 Å². The number of piperazine rings is 1. The van der Waals surface area contributed by atoms with Gasteiger partial charge in [-0.05, 0) is 12.1 Å². The molecule has 0 atom stereocenters. The fraction of sp³-hybridized carbons (Fsp3) is 0.474. The molecule has 0 bridgehead atoms. The average molecular weight is 407 g/mol. The van der Waals surface area contributed by atoms with Crippen LogP contribution in [-0.2, 0) is 19.1 Å². The van der Waals surface area contributed by atoms with E-state index in [9.17, 15) is 19.2 Å². The number of nitrogens with zero attached hydrogens (tertiary/aromatic N) is 3. The van der Waals surface area contributed by atoms with Gasteiger partial charge >= 0.3 is 5.97 Å². The van der Waals surface area contributed by atoms with Crippen molar-refractivity contribution >= 4 is 35.5 Å². The Kier molecular flexibility index (Phi) is 7.86. The van der Waals surface area contributed by atoms with Crippen LogP contribution in [0.5, 0.6) is 0 Å². The van der Waals surface area contributed by atoms with Crippen LogP contribution in [0.3, 0.4) is 0 Å². The Bertz CT molecular complexity index is 745. The zero-order valence-electron chi connectivity index (χ0n) is 16.3. The maximum atomic E-state index is 12.4. The van der Waals surface area contributed by atoms with Gasteiger partial charge in [-0.1, -0.05) is 12.1 Å². The fourth-order valence-electron chi connectivity index (χ4n) is 2.60. The molecule has 1 heterocycles. The Morgan fingerprint density at radius 3 is 2.25 bits per heavy atom. The van der Waals surface area contributed by atoms with E-state index in [-0.39, 0.29) is 30.1 Å². The van der Waals surface area contributed by atoms with Crippen LogP contribution < -0.4 is 0 Å². The maximum Gasteiger partial charge on any atom is 0.339 e. The van der Waals surface area contributed by atoms with Gasteiger partial charge in [0.15, 0.2) is 6.61 Å².